The standard InChI is InChI=1S/C32H33N3O7/c1-19(36)42-18-28(38)33-21-11-8-12-22(15-21)34-31(39)25-16-24-23-13-6-7-14-26(23)35(32(40)29(24)30(25)41-2)17-27(37)20-9-4-3-5-10-20/h3-7,9-10,13-14,21-22H,8,11-12,15-18H2,1-2H3,(H,33,38)(H,34,39). The number of Topliss-reactive ketones (excluding diaryl/α,β-unsaturated/α-hetero) is 1. The molecule has 2 amide bonds. The van der Waals surface area contributed by atoms with Gasteiger partial charge in [0.2, 0.25) is 0 Å². The molecule has 2 aliphatic carbocycles. The maximum Gasteiger partial charge on any atom is 0.303 e. The lowest BCUT2D eigenvalue weighted by molar-refractivity contribution is -0.146. The zero-order chi connectivity index (χ0) is 29.8. The number of aromatic nitrogens is 1. The molecule has 2 N–H and O–H groups in total. The van der Waals surface area contributed by atoms with Gasteiger partial charge in [-0.2, -0.15) is 0 Å². The highest BCUT2D eigenvalue weighted by atomic mass is 16.5. The van der Waals surface area contributed by atoms with Crippen molar-refractivity contribution in [2.45, 2.75) is 57.7 Å². The van der Waals surface area contributed by atoms with Crippen molar-refractivity contribution in [2.75, 3.05) is 13.7 Å². The lowest BCUT2D eigenvalue weighted by Gasteiger charge is -2.30. The summed E-state index contributed by atoms with van der Waals surface area (Å²) >= 11 is 0. The molecule has 0 aliphatic heterocycles. The molecule has 2 aromatic carbocycles. The first kappa shape index (κ1) is 28.8. The molecule has 0 bridgehead atoms. The van der Waals surface area contributed by atoms with E-state index < -0.39 is 5.97 Å². The van der Waals surface area contributed by atoms with E-state index in [4.69, 9.17) is 9.47 Å². The highest BCUT2D eigenvalue weighted by Crippen LogP contribution is 2.36. The highest BCUT2D eigenvalue weighted by Gasteiger charge is 2.34. The molecule has 2 aliphatic rings. The largest absolute Gasteiger partial charge is 0.495 e. The second-order valence-corrected chi connectivity index (χ2v) is 10.6. The number of ketones is 1. The van der Waals surface area contributed by atoms with Gasteiger partial charge >= 0.3 is 5.97 Å². The van der Waals surface area contributed by atoms with Crippen LogP contribution in [0.1, 0.15) is 54.1 Å². The molecule has 1 saturated carbocycles. The van der Waals surface area contributed by atoms with Crippen molar-refractivity contribution < 1.29 is 28.7 Å². The summed E-state index contributed by atoms with van der Waals surface area (Å²) in [5.41, 5.74) is 2.07. The van der Waals surface area contributed by atoms with Gasteiger partial charge in [0.05, 0.1) is 30.3 Å². The number of carbonyl (C=O) groups is 4. The molecular weight excluding hydrogens is 538 g/mol. The number of methoxy groups -OCH3 is 1. The van der Waals surface area contributed by atoms with Gasteiger partial charge in [-0.1, -0.05) is 48.5 Å². The number of ether oxygens (including phenoxy) is 2. The number of nitrogens with zero attached hydrogens (tertiary/aromatic N) is 1. The lowest BCUT2D eigenvalue weighted by atomic mass is 9.90. The number of benzene rings is 2. The van der Waals surface area contributed by atoms with E-state index in [1.54, 1.807) is 30.3 Å². The highest BCUT2D eigenvalue weighted by molar-refractivity contribution is 6.05. The molecule has 1 heterocycles. The molecule has 0 spiro atoms. The summed E-state index contributed by atoms with van der Waals surface area (Å²) in [4.78, 5) is 63.7. The van der Waals surface area contributed by atoms with Gasteiger partial charge in [0, 0.05) is 36.4 Å². The van der Waals surface area contributed by atoms with Crippen molar-refractivity contribution in [3.63, 3.8) is 0 Å². The molecule has 42 heavy (non-hydrogen) atoms. The van der Waals surface area contributed by atoms with Crippen LogP contribution in [0.4, 0.5) is 0 Å². The van der Waals surface area contributed by atoms with Crippen LogP contribution in [0.3, 0.4) is 0 Å². The second-order valence-electron chi connectivity index (χ2n) is 10.6. The number of pyridine rings is 1. The van der Waals surface area contributed by atoms with Crippen molar-refractivity contribution in [2.24, 2.45) is 0 Å². The molecule has 5 rings (SSSR count). The van der Waals surface area contributed by atoms with Crippen LogP contribution < -0.4 is 16.2 Å². The van der Waals surface area contributed by atoms with E-state index in [9.17, 15) is 24.0 Å². The third-order valence-corrected chi connectivity index (χ3v) is 7.79. The number of fused-ring (bicyclic) bond motifs is 3. The number of hydrogen-bond donors (Lipinski definition) is 2. The normalized spacial score (nSPS) is 17.9. The Hall–Kier alpha value is -4.73. The Balaban J connectivity index is 1.39. The van der Waals surface area contributed by atoms with Crippen molar-refractivity contribution in [3.05, 3.63) is 87.2 Å². The minimum Gasteiger partial charge on any atom is -0.495 e. The van der Waals surface area contributed by atoms with E-state index in [0.717, 1.165) is 24.6 Å². The zero-order valence-corrected chi connectivity index (χ0v) is 23.6. The first-order valence-corrected chi connectivity index (χ1v) is 14.0. The van der Waals surface area contributed by atoms with Crippen LogP contribution in [0.15, 0.2) is 65.0 Å². The van der Waals surface area contributed by atoms with Gasteiger partial charge in [-0.25, -0.2) is 0 Å². The molecule has 10 nitrogen and oxygen atoms in total. The summed E-state index contributed by atoms with van der Waals surface area (Å²) in [6, 6.07) is 15.8. The summed E-state index contributed by atoms with van der Waals surface area (Å²) in [6.45, 7) is 0.752. The Morgan fingerprint density at radius 2 is 1.64 bits per heavy atom. The molecule has 2 atom stereocenters. The van der Waals surface area contributed by atoms with Crippen LogP contribution in [-0.2, 0) is 36.8 Å². The summed E-state index contributed by atoms with van der Waals surface area (Å²) < 4.78 is 11.9. The molecular formula is C32H33N3O7. The minimum absolute atomic E-state index is 0.151. The SMILES string of the molecule is COC1=C(C(=O)NC2CCCC(NC(=O)COC(C)=O)C2)Cc2c1c(=O)n(CC(=O)c1ccccc1)c1ccccc21. The van der Waals surface area contributed by atoms with Crippen LogP contribution in [0.2, 0.25) is 0 Å². The van der Waals surface area contributed by atoms with E-state index in [2.05, 4.69) is 10.6 Å². The maximum absolute atomic E-state index is 13.9. The Kier molecular flexibility index (Phi) is 8.51. The first-order valence-electron chi connectivity index (χ1n) is 14.0. The van der Waals surface area contributed by atoms with Gasteiger partial charge in [-0.15, -0.1) is 0 Å². The van der Waals surface area contributed by atoms with Gasteiger partial charge in [-0.05, 0) is 37.3 Å². The van der Waals surface area contributed by atoms with Crippen molar-refractivity contribution >= 4 is 40.2 Å². The minimum atomic E-state index is -0.527. The number of carbonyl (C=O) groups excluding carboxylic acids is 4. The summed E-state index contributed by atoms with van der Waals surface area (Å²) in [7, 11) is 1.43. The average Bonchev–Trinajstić information content (AvgIpc) is 3.39. The molecule has 10 heteroatoms. The molecule has 3 aromatic rings. The quantitative estimate of drug-likeness (QED) is 0.298. The molecule has 1 fully saturated rings. The number of amides is 2. The second kappa shape index (κ2) is 12.4. The number of esters is 1. The number of rotatable bonds is 9. The molecule has 0 saturated heterocycles. The van der Waals surface area contributed by atoms with Crippen molar-refractivity contribution in [3.8, 4) is 0 Å². The van der Waals surface area contributed by atoms with Gasteiger partial charge in [0.25, 0.3) is 17.4 Å². The van der Waals surface area contributed by atoms with Crippen LogP contribution in [0.25, 0.3) is 16.7 Å². The van der Waals surface area contributed by atoms with Crippen LogP contribution in [0.5, 0.6) is 0 Å². The van der Waals surface area contributed by atoms with Crippen LogP contribution in [0, 0.1) is 0 Å². The fraction of sp³-hybridized carbons (Fsp3) is 0.344. The topological polar surface area (TPSA) is 133 Å². The van der Waals surface area contributed by atoms with Crippen molar-refractivity contribution in [1.82, 2.24) is 15.2 Å². The predicted octanol–water partition coefficient (Wildman–Crippen LogP) is 2.90. The molecule has 0 radical (unpaired) electrons. The van der Waals surface area contributed by atoms with E-state index >= 15 is 0 Å². The monoisotopic (exact) mass is 571 g/mol. The average molecular weight is 572 g/mol. The van der Waals surface area contributed by atoms with E-state index in [1.807, 2.05) is 24.3 Å². The predicted molar refractivity (Wildman–Crippen MR) is 156 cm³/mol. The van der Waals surface area contributed by atoms with E-state index in [0.29, 0.717) is 34.2 Å². The van der Waals surface area contributed by atoms with Crippen LogP contribution >= 0.6 is 0 Å². The Labute approximate surface area is 242 Å². The Morgan fingerprint density at radius 1 is 0.952 bits per heavy atom. The summed E-state index contributed by atoms with van der Waals surface area (Å²) in [5.74, 6) is -1.24. The van der Waals surface area contributed by atoms with Gasteiger partial charge in [-0.3, -0.25) is 28.5 Å². The molecule has 218 valence electrons. The maximum atomic E-state index is 13.9. The number of nitrogens with one attached hydrogen (secondary N) is 2. The fourth-order valence-electron chi connectivity index (χ4n) is 5.88. The number of para-hydroxylation sites is 1. The lowest BCUT2D eigenvalue weighted by Crippen LogP contribution is -2.47. The van der Waals surface area contributed by atoms with Gasteiger partial charge in [0.15, 0.2) is 12.4 Å². The zero-order valence-electron chi connectivity index (χ0n) is 23.6. The first-order chi connectivity index (χ1) is 20.3. The third kappa shape index (κ3) is 5.97. The summed E-state index contributed by atoms with van der Waals surface area (Å²) in [6.07, 6.45) is 3.02. The smallest absolute Gasteiger partial charge is 0.303 e. The van der Waals surface area contributed by atoms with Crippen LogP contribution in [-0.4, -0.2) is 53.9 Å². The third-order valence-electron chi connectivity index (χ3n) is 7.79. The van der Waals surface area contributed by atoms with Crippen molar-refractivity contribution in [1.29, 1.82) is 0 Å². The van der Waals surface area contributed by atoms with Gasteiger partial charge < -0.3 is 20.1 Å². The van der Waals surface area contributed by atoms with Gasteiger partial charge in [0.1, 0.15) is 5.76 Å². The molecule has 1 aromatic heterocycles. The fourth-order valence-corrected chi connectivity index (χ4v) is 5.88. The Bertz CT molecular complexity index is 1640. The Morgan fingerprint density at radius 3 is 2.36 bits per heavy atom. The van der Waals surface area contributed by atoms with E-state index in [-0.39, 0.29) is 60.6 Å². The summed E-state index contributed by atoms with van der Waals surface area (Å²) in [5, 5.41) is 6.72. The van der Waals surface area contributed by atoms with E-state index in [1.165, 1.54) is 18.6 Å². The molecule has 2 unspecified atom stereocenters. The number of hydrogen-bond acceptors (Lipinski definition) is 7.